The number of nitrogens with one attached hydrogen (secondary N) is 1. The van der Waals surface area contributed by atoms with Gasteiger partial charge < -0.3 is 0 Å². The van der Waals surface area contributed by atoms with Crippen LogP contribution in [-0.4, -0.2) is 19.6 Å². The molecule has 0 unspecified atom stereocenters. The summed E-state index contributed by atoms with van der Waals surface area (Å²) in [5.41, 5.74) is 1.46. The number of nitriles is 1. The lowest BCUT2D eigenvalue weighted by Gasteiger charge is -2.15. The predicted octanol–water partition coefficient (Wildman–Crippen LogP) is 2.54. The molecule has 0 heterocycles. The highest BCUT2D eigenvalue weighted by Crippen LogP contribution is 2.47. The van der Waals surface area contributed by atoms with Crippen LogP contribution in [0.5, 0.6) is 0 Å². The van der Waals surface area contributed by atoms with Crippen LogP contribution in [0.1, 0.15) is 50.7 Å². The molecule has 1 N–H and O–H groups in total. The lowest BCUT2D eigenvalue weighted by atomic mass is 10.1. The summed E-state index contributed by atoms with van der Waals surface area (Å²) in [5, 5.41) is 8.32. The van der Waals surface area contributed by atoms with Crippen LogP contribution in [0.3, 0.4) is 0 Å². The zero-order chi connectivity index (χ0) is 17.2. The first kappa shape index (κ1) is 17.5. The fraction of sp³-hybridized carbons (Fsp3) is 0.529. The molecule has 0 spiro atoms. The summed E-state index contributed by atoms with van der Waals surface area (Å²) >= 11 is 0. The van der Waals surface area contributed by atoms with Gasteiger partial charge in [-0.15, -0.1) is 0 Å². The number of benzene rings is 1. The third kappa shape index (κ3) is 4.32. The zero-order valence-corrected chi connectivity index (χ0v) is 14.4. The lowest BCUT2D eigenvalue weighted by molar-refractivity contribution is -0.120. The molecule has 2 rings (SSSR count). The molecule has 1 fully saturated rings. The van der Waals surface area contributed by atoms with Crippen LogP contribution >= 0.6 is 0 Å². The van der Waals surface area contributed by atoms with Crippen LogP contribution < -0.4 is 4.72 Å². The summed E-state index contributed by atoms with van der Waals surface area (Å²) in [4.78, 5) is 12.2. The van der Waals surface area contributed by atoms with E-state index in [-0.39, 0.29) is 17.8 Å². The van der Waals surface area contributed by atoms with Crippen molar-refractivity contribution in [2.45, 2.75) is 44.8 Å². The lowest BCUT2D eigenvalue weighted by Crippen LogP contribution is -2.38. The Bertz CT molecular complexity index is 734. The Morgan fingerprint density at radius 1 is 1.39 bits per heavy atom. The molecule has 0 saturated heterocycles. The van der Waals surface area contributed by atoms with Crippen LogP contribution in [0.15, 0.2) is 24.3 Å². The molecule has 1 aromatic rings. The minimum absolute atomic E-state index is 0.00101. The van der Waals surface area contributed by atoms with Crippen LogP contribution in [0, 0.1) is 23.2 Å². The van der Waals surface area contributed by atoms with Gasteiger partial charge in [-0.25, -0.2) is 8.42 Å². The Kier molecular flexibility index (Phi) is 5.10. The molecular weight excluding hydrogens is 312 g/mol. The third-order valence-electron chi connectivity index (χ3n) is 4.15. The van der Waals surface area contributed by atoms with Crippen LogP contribution in [0.2, 0.25) is 0 Å². The van der Waals surface area contributed by atoms with Gasteiger partial charge in [-0.2, -0.15) is 5.26 Å². The molecule has 1 saturated carbocycles. The highest BCUT2D eigenvalue weighted by atomic mass is 32.2. The van der Waals surface area contributed by atoms with Gasteiger partial charge in [0.15, 0.2) is 0 Å². The van der Waals surface area contributed by atoms with E-state index in [1.54, 1.807) is 25.1 Å². The number of carbonyl (C=O) groups is 1. The number of carbonyl (C=O) groups excluding carboxylic acids is 1. The van der Waals surface area contributed by atoms with Gasteiger partial charge in [-0.05, 0) is 49.3 Å². The monoisotopic (exact) mass is 334 g/mol. The molecule has 1 aliphatic carbocycles. The summed E-state index contributed by atoms with van der Waals surface area (Å²) in [6.07, 6.45) is 1.13. The zero-order valence-electron chi connectivity index (χ0n) is 13.6. The molecule has 0 bridgehead atoms. The summed E-state index contributed by atoms with van der Waals surface area (Å²) < 4.78 is 26.6. The maximum absolute atomic E-state index is 12.2. The van der Waals surface area contributed by atoms with Gasteiger partial charge in [0.1, 0.15) is 0 Å². The maximum Gasteiger partial charge on any atom is 0.237 e. The summed E-state index contributed by atoms with van der Waals surface area (Å²) in [5.74, 6) is -0.518. The third-order valence-corrected chi connectivity index (χ3v) is 5.88. The Morgan fingerprint density at radius 3 is 2.70 bits per heavy atom. The molecule has 1 amide bonds. The van der Waals surface area contributed by atoms with Crippen molar-refractivity contribution in [1.82, 2.24) is 4.72 Å². The SMILES string of the molecule is CC(C)C[C@H](C)S(=O)(=O)NC(=O)[C@@H]1C[C@@H]1c1cccc(C#N)c1. The first-order valence-corrected chi connectivity index (χ1v) is 9.34. The van der Waals surface area contributed by atoms with E-state index in [1.165, 1.54) is 0 Å². The molecule has 0 radical (unpaired) electrons. The molecule has 0 aromatic heterocycles. The van der Waals surface area contributed by atoms with E-state index in [0.29, 0.717) is 18.4 Å². The topological polar surface area (TPSA) is 87.0 Å². The number of hydrogen-bond acceptors (Lipinski definition) is 4. The highest BCUT2D eigenvalue weighted by molar-refractivity contribution is 7.90. The number of sulfonamides is 1. The summed E-state index contributed by atoms with van der Waals surface area (Å²) in [6.45, 7) is 5.52. The second-order valence-corrected chi connectivity index (χ2v) is 8.74. The minimum atomic E-state index is -3.63. The summed E-state index contributed by atoms with van der Waals surface area (Å²) in [6, 6.07) is 9.18. The van der Waals surface area contributed by atoms with Gasteiger partial charge in [0.2, 0.25) is 15.9 Å². The number of hydrogen-bond donors (Lipinski definition) is 1. The largest absolute Gasteiger partial charge is 0.274 e. The minimum Gasteiger partial charge on any atom is -0.274 e. The van der Waals surface area contributed by atoms with Crippen molar-refractivity contribution < 1.29 is 13.2 Å². The second-order valence-electron chi connectivity index (χ2n) is 6.64. The molecule has 23 heavy (non-hydrogen) atoms. The van der Waals surface area contributed by atoms with Crippen molar-refractivity contribution >= 4 is 15.9 Å². The average molecular weight is 334 g/mol. The van der Waals surface area contributed by atoms with E-state index >= 15 is 0 Å². The Balaban J connectivity index is 1.99. The Labute approximate surface area is 137 Å². The van der Waals surface area contributed by atoms with Crippen molar-refractivity contribution in [3.8, 4) is 6.07 Å². The molecule has 124 valence electrons. The van der Waals surface area contributed by atoms with Gasteiger partial charge >= 0.3 is 0 Å². The maximum atomic E-state index is 12.2. The molecule has 1 aliphatic rings. The van der Waals surface area contributed by atoms with Crippen LogP contribution in [-0.2, 0) is 14.8 Å². The van der Waals surface area contributed by atoms with Crippen LogP contribution in [0.25, 0.3) is 0 Å². The van der Waals surface area contributed by atoms with E-state index in [9.17, 15) is 13.2 Å². The number of rotatable bonds is 6. The van der Waals surface area contributed by atoms with Gasteiger partial charge in [0.25, 0.3) is 0 Å². The van der Waals surface area contributed by atoms with Gasteiger partial charge in [0.05, 0.1) is 16.9 Å². The normalized spacial score (nSPS) is 21.5. The van der Waals surface area contributed by atoms with Crippen LogP contribution in [0.4, 0.5) is 0 Å². The average Bonchev–Trinajstić information content (AvgIpc) is 3.26. The van der Waals surface area contributed by atoms with E-state index in [2.05, 4.69) is 10.8 Å². The quantitative estimate of drug-likeness (QED) is 0.866. The number of amides is 1. The Morgan fingerprint density at radius 2 is 2.09 bits per heavy atom. The van der Waals surface area contributed by atoms with Crippen molar-refractivity contribution in [2.75, 3.05) is 0 Å². The molecule has 3 atom stereocenters. The first-order chi connectivity index (χ1) is 10.7. The van der Waals surface area contributed by atoms with Crippen molar-refractivity contribution in [3.63, 3.8) is 0 Å². The smallest absolute Gasteiger partial charge is 0.237 e. The fourth-order valence-electron chi connectivity index (χ4n) is 2.80. The molecular formula is C17H22N2O3S. The van der Waals surface area contributed by atoms with Crippen molar-refractivity contribution in [3.05, 3.63) is 35.4 Å². The first-order valence-electron chi connectivity index (χ1n) is 7.80. The van der Waals surface area contributed by atoms with Crippen molar-refractivity contribution in [1.29, 1.82) is 5.26 Å². The number of nitrogens with zero attached hydrogens (tertiary/aromatic N) is 1. The Hall–Kier alpha value is -1.87. The van der Waals surface area contributed by atoms with Gasteiger partial charge in [-0.1, -0.05) is 26.0 Å². The van der Waals surface area contributed by atoms with E-state index in [4.69, 9.17) is 5.26 Å². The van der Waals surface area contributed by atoms with Gasteiger partial charge in [0, 0.05) is 5.92 Å². The summed E-state index contributed by atoms with van der Waals surface area (Å²) in [7, 11) is -3.63. The van der Waals surface area contributed by atoms with E-state index in [0.717, 1.165) is 5.56 Å². The van der Waals surface area contributed by atoms with Gasteiger partial charge in [-0.3, -0.25) is 9.52 Å². The molecule has 5 nitrogen and oxygen atoms in total. The van der Waals surface area contributed by atoms with E-state index in [1.807, 2.05) is 19.9 Å². The molecule has 0 aliphatic heterocycles. The fourth-order valence-corrected chi connectivity index (χ4v) is 4.07. The second kappa shape index (κ2) is 6.71. The predicted molar refractivity (Wildman–Crippen MR) is 88.0 cm³/mol. The standard InChI is InChI=1S/C17H22N2O3S/c1-11(2)7-12(3)23(21,22)19-17(20)16-9-15(16)14-6-4-5-13(8-14)10-18/h4-6,8,11-12,15-16H,7,9H2,1-3H3,(H,19,20)/t12-,15+,16+/m0/s1. The highest BCUT2D eigenvalue weighted by Gasteiger charge is 2.45. The molecule has 6 heteroatoms. The van der Waals surface area contributed by atoms with Crippen molar-refractivity contribution in [2.24, 2.45) is 11.8 Å². The van der Waals surface area contributed by atoms with E-state index < -0.39 is 21.2 Å². The molecule has 1 aromatic carbocycles.